The fraction of sp³-hybridized carbons (Fsp3) is 0.895. The Kier molecular flexibility index (Phi) is 5.67. The second-order valence-electron chi connectivity index (χ2n) is 8.34. The van der Waals surface area contributed by atoms with Gasteiger partial charge in [-0.25, -0.2) is 0 Å². The second-order valence-corrected chi connectivity index (χ2v) is 8.34. The highest BCUT2D eigenvalue weighted by Gasteiger charge is 2.33. The first-order chi connectivity index (χ1) is 11.6. The highest BCUT2D eigenvalue weighted by Crippen LogP contribution is 2.36. The minimum Gasteiger partial charge on any atom is -0.356 e. The van der Waals surface area contributed by atoms with Crippen LogP contribution in [0.25, 0.3) is 0 Å². The van der Waals surface area contributed by atoms with E-state index >= 15 is 0 Å². The van der Waals surface area contributed by atoms with E-state index in [1.165, 1.54) is 38.5 Å². The Bertz CT molecular complexity index is 464. The van der Waals surface area contributed by atoms with Crippen molar-refractivity contribution in [1.82, 2.24) is 15.5 Å². The molecule has 2 N–H and O–H groups in total. The van der Waals surface area contributed by atoms with Crippen LogP contribution >= 0.6 is 0 Å². The molecular weight excluding hydrogens is 300 g/mol. The first-order valence-electron chi connectivity index (χ1n) is 9.86. The van der Waals surface area contributed by atoms with Gasteiger partial charge in [-0.15, -0.1) is 0 Å². The van der Waals surface area contributed by atoms with Crippen LogP contribution in [0.1, 0.15) is 64.7 Å². The lowest BCUT2D eigenvalue weighted by Crippen LogP contribution is -2.47. The van der Waals surface area contributed by atoms with Gasteiger partial charge in [0, 0.05) is 38.6 Å². The molecular formula is C19H34N4O. The monoisotopic (exact) mass is 334 g/mol. The molecule has 0 aromatic rings. The molecule has 3 aliphatic rings. The lowest BCUT2D eigenvalue weighted by Gasteiger charge is -2.26. The normalized spacial score (nSPS) is 27.7. The minimum atomic E-state index is 0.295. The van der Waals surface area contributed by atoms with Crippen LogP contribution in [0.15, 0.2) is 4.99 Å². The largest absolute Gasteiger partial charge is 0.356 e. The standard InChI is InChI=1S/C19H34N4O/c1-19(10-5-6-11-19)14-21-18(20-2)22-16-9-12-23(13-16)17(24)15-7-3-4-8-15/h15-16H,3-14H2,1-2H3,(H2,20,21,22). The molecule has 2 saturated carbocycles. The molecule has 5 heteroatoms. The molecule has 3 rings (SSSR count). The number of hydrogen-bond acceptors (Lipinski definition) is 2. The Morgan fingerprint density at radius 2 is 1.88 bits per heavy atom. The van der Waals surface area contributed by atoms with Gasteiger partial charge in [-0.2, -0.15) is 0 Å². The number of nitrogens with zero attached hydrogens (tertiary/aromatic N) is 2. The Morgan fingerprint density at radius 3 is 2.54 bits per heavy atom. The fourth-order valence-electron chi connectivity index (χ4n) is 4.60. The summed E-state index contributed by atoms with van der Waals surface area (Å²) in [5, 5.41) is 7.04. The zero-order valence-electron chi connectivity index (χ0n) is 15.4. The molecule has 0 aromatic heterocycles. The van der Waals surface area contributed by atoms with Gasteiger partial charge in [-0.05, 0) is 37.5 Å². The third-order valence-corrected chi connectivity index (χ3v) is 6.26. The van der Waals surface area contributed by atoms with Gasteiger partial charge in [0.2, 0.25) is 5.91 Å². The number of amides is 1. The number of carbonyl (C=O) groups excluding carboxylic acids is 1. The van der Waals surface area contributed by atoms with E-state index in [9.17, 15) is 4.79 Å². The maximum absolute atomic E-state index is 12.5. The quantitative estimate of drug-likeness (QED) is 0.613. The van der Waals surface area contributed by atoms with E-state index in [0.717, 1.165) is 44.9 Å². The molecule has 1 heterocycles. The molecule has 1 saturated heterocycles. The molecule has 0 spiro atoms. The predicted octanol–water partition coefficient (Wildman–Crippen LogP) is 2.52. The Labute approximate surface area is 146 Å². The minimum absolute atomic E-state index is 0.295. The summed E-state index contributed by atoms with van der Waals surface area (Å²) in [6, 6.07) is 0.331. The molecule has 0 aromatic carbocycles. The third-order valence-electron chi connectivity index (χ3n) is 6.26. The van der Waals surface area contributed by atoms with E-state index in [1.54, 1.807) is 0 Å². The number of nitrogens with one attached hydrogen (secondary N) is 2. The van der Waals surface area contributed by atoms with Crippen molar-refractivity contribution in [3.05, 3.63) is 0 Å². The fourth-order valence-corrected chi connectivity index (χ4v) is 4.60. The number of rotatable bonds is 4. The van der Waals surface area contributed by atoms with Crippen LogP contribution in [-0.2, 0) is 4.79 Å². The van der Waals surface area contributed by atoms with Crippen LogP contribution in [0.2, 0.25) is 0 Å². The Balaban J connectivity index is 1.44. The number of aliphatic imine (C=N–C) groups is 1. The molecule has 3 fully saturated rings. The van der Waals surface area contributed by atoms with Gasteiger partial charge < -0.3 is 15.5 Å². The molecule has 0 radical (unpaired) electrons. The Morgan fingerprint density at radius 1 is 1.17 bits per heavy atom. The molecule has 136 valence electrons. The SMILES string of the molecule is CN=C(NCC1(C)CCCC1)NC1CCN(C(=O)C2CCCC2)C1. The summed E-state index contributed by atoms with van der Waals surface area (Å²) in [5.41, 5.74) is 0.414. The van der Waals surface area contributed by atoms with E-state index in [-0.39, 0.29) is 0 Å². The van der Waals surface area contributed by atoms with Crippen molar-refractivity contribution in [3.63, 3.8) is 0 Å². The van der Waals surface area contributed by atoms with Crippen LogP contribution in [-0.4, -0.2) is 49.5 Å². The lowest BCUT2D eigenvalue weighted by atomic mass is 9.89. The summed E-state index contributed by atoms with van der Waals surface area (Å²) >= 11 is 0. The smallest absolute Gasteiger partial charge is 0.225 e. The lowest BCUT2D eigenvalue weighted by molar-refractivity contribution is -0.134. The first-order valence-corrected chi connectivity index (χ1v) is 9.86. The molecule has 1 amide bonds. The summed E-state index contributed by atoms with van der Waals surface area (Å²) in [7, 11) is 1.84. The summed E-state index contributed by atoms with van der Waals surface area (Å²) in [4.78, 5) is 19.0. The zero-order valence-corrected chi connectivity index (χ0v) is 15.4. The van der Waals surface area contributed by atoms with Crippen LogP contribution < -0.4 is 10.6 Å². The van der Waals surface area contributed by atoms with Gasteiger partial charge >= 0.3 is 0 Å². The number of guanidine groups is 1. The summed E-state index contributed by atoms with van der Waals surface area (Å²) in [6.07, 6.45) is 11.0. The highest BCUT2D eigenvalue weighted by atomic mass is 16.2. The number of hydrogen-bond donors (Lipinski definition) is 2. The van der Waals surface area contributed by atoms with Crippen molar-refractivity contribution in [2.75, 3.05) is 26.7 Å². The molecule has 24 heavy (non-hydrogen) atoms. The number of carbonyl (C=O) groups is 1. The van der Waals surface area contributed by atoms with Crippen molar-refractivity contribution in [2.45, 2.75) is 70.8 Å². The van der Waals surface area contributed by atoms with Crippen LogP contribution in [0, 0.1) is 11.3 Å². The van der Waals surface area contributed by atoms with E-state index < -0.39 is 0 Å². The van der Waals surface area contributed by atoms with Crippen molar-refractivity contribution in [1.29, 1.82) is 0 Å². The van der Waals surface area contributed by atoms with Gasteiger partial charge in [0.25, 0.3) is 0 Å². The van der Waals surface area contributed by atoms with Gasteiger partial charge in [0.15, 0.2) is 5.96 Å². The van der Waals surface area contributed by atoms with E-state index in [4.69, 9.17) is 0 Å². The topological polar surface area (TPSA) is 56.7 Å². The first kappa shape index (κ1) is 17.6. The zero-order chi connectivity index (χ0) is 17.0. The molecule has 0 bridgehead atoms. The number of likely N-dealkylation sites (tertiary alicyclic amines) is 1. The van der Waals surface area contributed by atoms with Crippen molar-refractivity contribution in [2.24, 2.45) is 16.3 Å². The van der Waals surface area contributed by atoms with Crippen LogP contribution in [0.3, 0.4) is 0 Å². The predicted molar refractivity (Wildman–Crippen MR) is 98.0 cm³/mol. The summed E-state index contributed by atoms with van der Waals surface area (Å²) in [5.74, 6) is 1.57. The third kappa shape index (κ3) is 4.22. The van der Waals surface area contributed by atoms with Crippen molar-refractivity contribution in [3.8, 4) is 0 Å². The van der Waals surface area contributed by atoms with Crippen molar-refractivity contribution >= 4 is 11.9 Å². The summed E-state index contributed by atoms with van der Waals surface area (Å²) in [6.45, 7) is 5.08. The van der Waals surface area contributed by atoms with Crippen LogP contribution in [0.5, 0.6) is 0 Å². The van der Waals surface area contributed by atoms with Gasteiger partial charge in [-0.1, -0.05) is 32.6 Å². The van der Waals surface area contributed by atoms with E-state index in [0.29, 0.717) is 23.3 Å². The van der Waals surface area contributed by atoms with Crippen molar-refractivity contribution < 1.29 is 4.79 Å². The molecule has 5 nitrogen and oxygen atoms in total. The maximum Gasteiger partial charge on any atom is 0.225 e. The second kappa shape index (κ2) is 7.75. The van der Waals surface area contributed by atoms with E-state index in [2.05, 4.69) is 27.4 Å². The van der Waals surface area contributed by atoms with E-state index in [1.807, 2.05) is 7.05 Å². The van der Waals surface area contributed by atoms with Gasteiger partial charge in [0.05, 0.1) is 0 Å². The average Bonchev–Trinajstić information content (AvgIpc) is 3.32. The van der Waals surface area contributed by atoms with Crippen LogP contribution in [0.4, 0.5) is 0 Å². The summed E-state index contributed by atoms with van der Waals surface area (Å²) < 4.78 is 0. The molecule has 1 atom stereocenters. The average molecular weight is 335 g/mol. The van der Waals surface area contributed by atoms with Gasteiger partial charge in [0.1, 0.15) is 0 Å². The molecule has 2 aliphatic carbocycles. The maximum atomic E-state index is 12.5. The molecule has 1 unspecified atom stereocenters. The highest BCUT2D eigenvalue weighted by molar-refractivity contribution is 5.81. The van der Waals surface area contributed by atoms with Gasteiger partial charge in [-0.3, -0.25) is 9.79 Å². The Hall–Kier alpha value is -1.26. The molecule has 1 aliphatic heterocycles.